The van der Waals surface area contributed by atoms with Gasteiger partial charge in [-0.2, -0.15) is 0 Å². The van der Waals surface area contributed by atoms with E-state index in [1.165, 1.54) is 19.2 Å². The first-order valence-electron chi connectivity index (χ1n) is 15.8. The molecule has 13 nitrogen and oxygen atoms in total. The van der Waals surface area contributed by atoms with E-state index in [-0.39, 0.29) is 46.8 Å². The van der Waals surface area contributed by atoms with Crippen molar-refractivity contribution < 1.29 is 33.8 Å². The molecular weight excluding hydrogens is 687 g/mol. The van der Waals surface area contributed by atoms with Crippen LogP contribution in [0.15, 0.2) is 71.7 Å². The van der Waals surface area contributed by atoms with Gasteiger partial charge in [-0.1, -0.05) is 85.8 Å². The lowest BCUT2D eigenvalue weighted by molar-refractivity contribution is -0.137. The van der Waals surface area contributed by atoms with E-state index < -0.39 is 42.2 Å². The Morgan fingerprint density at radius 2 is 1.64 bits per heavy atom. The van der Waals surface area contributed by atoms with Crippen molar-refractivity contribution in [3.8, 4) is 11.1 Å². The Balaban J connectivity index is 1.56. The minimum absolute atomic E-state index is 0.0393. The number of carboxylic acids is 1. The van der Waals surface area contributed by atoms with Crippen LogP contribution in [0.4, 0.5) is 10.5 Å². The lowest BCUT2D eigenvalue weighted by Crippen LogP contribution is -2.47. The SMILES string of the molecule is CCCCCCOC(=O)/N=C(\N)Nc1cccc(C(=O)N(C)CC(=O)NC[C@@H](CC(=O)O)NC(=O)c2c(Cl)cc(-c3ccccc3)cc2Cl)c1. The molecule has 0 aliphatic carbocycles. The largest absolute Gasteiger partial charge is 0.481 e. The normalized spacial score (nSPS) is 11.6. The molecule has 266 valence electrons. The third-order valence-electron chi connectivity index (χ3n) is 7.22. The van der Waals surface area contributed by atoms with Crippen molar-refractivity contribution in [2.24, 2.45) is 10.7 Å². The van der Waals surface area contributed by atoms with Crippen LogP contribution in [-0.4, -0.2) is 78.5 Å². The quantitative estimate of drug-likeness (QED) is 0.0713. The summed E-state index contributed by atoms with van der Waals surface area (Å²) in [7, 11) is 1.41. The highest BCUT2D eigenvalue weighted by Crippen LogP contribution is 2.32. The highest BCUT2D eigenvalue weighted by atomic mass is 35.5. The van der Waals surface area contributed by atoms with Gasteiger partial charge in [0.1, 0.15) is 0 Å². The van der Waals surface area contributed by atoms with Gasteiger partial charge in [-0.25, -0.2) is 4.79 Å². The smallest absolute Gasteiger partial charge is 0.436 e. The molecule has 0 spiro atoms. The summed E-state index contributed by atoms with van der Waals surface area (Å²) in [5.74, 6) is -3.27. The number of amides is 4. The summed E-state index contributed by atoms with van der Waals surface area (Å²) in [6.07, 6.45) is 2.43. The van der Waals surface area contributed by atoms with Crippen LogP contribution in [0.2, 0.25) is 10.0 Å². The monoisotopic (exact) mass is 726 g/mol. The van der Waals surface area contributed by atoms with Gasteiger partial charge in [0.25, 0.3) is 11.8 Å². The number of carbonyl (C=O) groups excluding carboxylic acids is 4. The van der Waals surface area contributed by atoms with Crippen LogP contribution in [0.25, 0.3) is 11.1 Å². The van der Waals surface area contributed by atoms with Crippen LogP contribution < -0.4 is 21.7 Å². The van der Waals surface area contributed by atoms with Gasteiger partial charge in [-0.05, 0) is 47.9 Å². The van der Waals surface area contributed by atoms with Crippen molar-refractivity contribution in [1.82, 2.24) is 15.5 Å². The molecule has 0 aromatic heterocycles. The fourth-order valence-electron chi connectivity index (χ4n) is 4.76. The number of carbonyl (C=O) groups is 5. The maximum Gasteiger partial charge on any atom is 0.436 e. The molecule has 3 rings (SSSR count). The van der Waals surface area contributed by atoms with Gasteiger partial charge in [0, 0.05) is 24.8 Å². The summed E-state index contributed by atoms with van der Waals surface area (Å²) < 4.78 is 5.04. The van der Waals surface area contributed by atoms with Crippen LogP contribution in [0.3, 0.4) is 0 Å². The molecule has 0 saturated heterocycles. The highest BCUT2D eigenvalue weighted by Gasteiger charge is 2.23. The first kappa shape index (κ1) is 39.3. The van der Waals surface area contributed by atoms with Crippen LogP contribution in [0.1, 0.15) is 59.7 Å². The van der Waals surface area contributed by atoms with E-state index in [9.17, 15) is 29.1 Å². The molecule has 0 aliphatic heterocycles. The summed E-state index contributed by atoms with van der Waals surface area (Å²) in [4.78, 5) is 67.2. The molecule has 15 heteroatoms. The molecule has 0 unspecified atom stereocenters. The summed E-state index contributed by atoms with van der Waals surface area (Å²) in [5.41, 5.74) is 7.88. The number of nitrogens with one attached hydrogen (secondary N) is 3. The molecule has 0 radical (unpaired) electrons. The van der Waals surface area contributed by atoms with Crippen molar-refractivity contribution in [3.63, 3.8) is 0 Å². The van der Waals surface area contributed by atoms with E-state index in [1.807, 2.05) is 30.3 Å². The van der Waals surface area contributed by atoms with Crippen molar-refractivity contribution in [2.75, 3.05) is 32.1 Å². The molecule has 0 bridgehead atoms. The summed E-state index contributed by atoms with van der Waals surface area (Å²) >= 11 is 12.8. The number of nitrogens with zero attached hydrogens (tertiary/aromatic N) is 2. The molecule has 0 saturated carbocycles. The van der Waals surface area contributed by atoms with Gasteiger partial charge in [-0.3, -0.25) is 19.2 Å². The number of nitrogens with two attached hydrogens (primary N) is 1. The Bertz CT molecular complexity index is 1680. The number of guanidine groups is 1. The minimum atomic E-state index is -1.22. The van der Waals surface area contributed by atoms with Gasteiger partial charge in [-0.15, -0.1) is 4.99 Å². The summed E-state index contributed by atoms with van der Waals surface area (Å²) in [5, 5.41) is 17.4. The van der Waals surface area contributed by atoms with Gasteiger partial charge in [0.05, 0.1) is 41.2 Å². The number of hydrogen-bond acceptors (Lipinski definition) is 6. The molecule has 3 aromatic carbocycles. The highest BCUT2D eigenvalue weighted by molar-refractivity contribution is 6.40. The molecule has 6 N–H and O–H groups in total. The van der Waals surface area contributed by atoms with Crippen molar-refractivity contribution >= 4 is 64.6 Å². The maximum absolute atomic E-state index is 13.1. The summed E-state index contributed by atoms with van der Waals surface area (Å²) in [6, 6.07) is 17.6. The Morgan fingerprint density at radius 1 is 0.940 bits per heavy atom. The van der Waals surface area contributed by atoms with Crippen LogP contribution >= 0.6 is 23.2 Å². The molecule has 0 aliphatic rings. The predicted octanol–water partition coefficient (Wildman–Crippen LogP) is 5.57. The number of aliphatic carboxylic acids is 1. The Morgan fingerprint density at radius 3 is 2.30 bits per heavy atom. The van der Waals surface area contributed by atoms with E-state index in [1.54, 1.807) is 24.3 Å². The fraction of sp³-hybridized carbons (Fsp3) is 0.314. The lowest BCUT2D eigenvalue weighted by atomic mass is 10.0. The fourth-order valence-corrected chi connectivity index (χ4v) is 5.41. The van der Waals surface area contributed by atoms with Gasteiger partial charge >= 0.3 is 12.1 Å². The average molecular weight is 728 g/mol. The zero-order valence-corrected chi connectivity index (χ0v) is 29.2. The van der Waals surface area contributed by atoms with E-state index in [4.69, 9.17) is 33.7 Å². The second-order valence-corrected chi connectivity index (χ2v) is 12.1. The van der Waals surface area contributed by atoms with E-state index in [0.29, 0.717) is 11.3 Å². The van der Waals surface area contributed by atoms with Crippen molar-refractivity contribution in [2.45, 2.75) is 45.1 Å². The molecule has 0 fully saturated rings. The van der Waals surface area contributed by atoms with Crippen molar-refractivity contribution in [3.05, 3.63) is 87.9 Å². The Hall–Kier alpha value is -5.14. The number of hydrogen-bond donors (Lipinski definition) is 5. The minimum Gasteiger partial charge on any atom is -0.481 e. The van der Waals surface area contributed by atoms with Crippen molar-refractivity contribution in [1.29, 1.82) is 0 Å². The molecule has 3 aromatic rings. The number of unbranched alkanes of at least 4 members (excludes halogenated alkanes) is 3. The van der Waals surface area contributed by atoms with Crippen LogP contribution in [-0.2, 0) is 14.3 Å². The number of halogens is 2. The van der Waals surface area contributed by atoms with Gasteiger partial charge in [0.15, 0.2) is 0 Å². The zero-order valence-electron chi connectivity index (χ0n) is 27.7. The standard InChI is InChI=1S/C35H40Cl2N6O7/c1-3-4-5-9-15-50-35(49)42-34(38)41-25-14-10-13-23(16-25)33(48)43(2)21-29(44)39-20-26(19-30(45)46)40-32(47)31-27(36)17-24(18-28(31)37)22-11-7-6-8-12-22/h6-8,10-14,16-18,26H,3-5,9,15,19-21H2,1-2H3,(H,39,44)(H,40,47)(H,45,46)(H3,38,41,42,49)/t26-/m1/s1. The maximum atomic E-state index is 13.1. The third-order valence-corrected chi connectivity index (χ3v) is 7.82. The topological polar surface area (TPSA) is 193 Å². The number of carboxylic acid groups (broad SMARTS) is 1. The van der Waals surface area contributed by atoms with Gasteiger partial charge in [0.2, 0.25) is 11.9 Å². The number of likely N-dealkylation sites (N-methyl/N-ethyl adjacent to an activating group) is 1. The van der Waals surface area contributed by atoms with Gasteiger partial charge < -0.3 is 36.4 Å². The number of aliphatic imine (C=N–C) groups is 1. The third kappa shape index (κ3) is 12.7. The lowest BCUT2D eigenvalue weighted by Gasteiger charge is -2.21. The molecule has 50 heavy (non-hydrogen) atoms. The Labute approximate surface area is 300 Å². The zero-order chi connectivity index (χ0) is 36.6. The predicted molar refractivity (Wildman–Crippen MR) is 193 cm³/mol. The van der Waals surface area contributed by atoms with E-state index in [2.05, 4.69) is 27.9 Å². The van der Waals surface area contributed by atoms with E-state index in [0.717, 1.165) is 36.1 Å². The second kappa shape index (κ2) is 19.8. The first-order chi connectivity index (χ1) is 23.9. The van der Waals surface area contributed by atoms with E-state index >= 15 is 0 Å². The van der Waals surface area contributed by atoms with Crippen LogP contribution in [0.5, 0.6) is 0 Å². The molecular formula is C35H40Cl2N6O7. The Kier molecular flexibility index (Phi) is 15.5. The number of rotatable bonds is 16. The second-order valence-electron chi connectivity index (χ2n) is 11.3. The first-order valence-corrected chi connectivity index (χ1v) is 16.6. The molecule has 0 heterocycles. The molecule has 1 atom stereocenters. The summed E-state index contributed by atoms with van der Waals surface area (Å²) in [6.45, 7) is 1.68. The van der Waals surface area contributed by atoms with Crippen LogP contribution in [0, 0.1) is 0 Å². The average Bonchev–Trinajstić information content (AvgIpc) is 3.06. The number of ether oxygens (including phenoxy) is 1. The molecule has 4 amide bonds. The number of benzene rings is 3. The number of anilines is 1.